The molecule has 3 atom stereocenters. The van der Waals surface area contributed by atoms with Gasteiger partial charge in [0.15, 0.2) is 9.84 Å². The third-order valence-corrected chi connectivity index (χ3v) is 6.00. The fourth-order valence-electron chi connectivity index (χ4n) is 2.67. The Hall–Kier alpha value is -1.40. The van der Waals surface area contributed by atoms with Gasteiger partial charge in [0.1, 0.15) is 5.54 Å². The maximum absolute atomic E-state index is 12.2. The van der Waals surface area contributed by atoms with Gasteiger partial charge in [0.2, 0.25) is 0 Å². The van der Waals surface area contributed by atoms with Gasteiger partial charge in [-0.25, -0.2) is 13.2 Å². The van der Waals surface area contributed by atoms with Crippen LogP contribution in [0.1, 0.15) is 25.3 Å². The van der Waals surface area contributed by atoms with E-state index in [0.717, 1.165) is 5.56 Å². The molecule has 0 radical (unpaired) electrons. The molecule has 2 rings (SSSR count). The SMILES string of the molecule is CCOC(=O)[C@]1(N)[C@@H](c2ccccc2)[C@@H]1S(=O)(=O)CC. The zero-order valence-electron chi connectivity index (χ0n) is 11.6. The largest absolute Gasteiger partial charge is 0.465 e. The average molecular weight is 297 g/mol. The van der Waals surface area contributed by atoms with Gasteiger partial charge in [-0.3, -0.25) is 0 Å². The molecule has 1 aromatic carbocycles. The van der Waals surface area contributed by atoms with Crippen molar-refractivity contribution < 1.29 is 17.9 Å². The van der Waals surface area contributed by atoms with Gasteiger partial charge in [-0.1, -0.05) is 37.3 Å². The lowest BCUT2D eigenvalue weighted by Gasteiger charge is -2.10. The molecule has 0 unspecified atom stereocenters. The first-order valence-electron chi connectivity index (χ1n) is 6.62. The van der Waals surface area contributed by atoms with Crippen LogP contribution in [0.3, 0.4) is 0 Å². The first kappa shape index (κ1) is 15.0. The van der Waals surface area contributed by atoms with Crippen molar-refractivity contribution >= 4 is 15.8 Å². The van der Waals surface area contributed by atoms with Gasteiger partial charge in [-0.2, -0.15) is 0 Å². The Bertz CT molecular complexity index is 599. The Balaban J connectivity index is 2.42. The molecule has 1 aliphatic carbocycles. The molecule has 0 bridgehead atoms. The number of hydrogen-bond acceptors (Lipinski definition) is 5. The summed E-state index contributed by atoms with van der Waals surface area (Å²) in [6.07, 6.45) is 0. The highest BCUT2D eigenvalue weighted by atomic mass is 32.2. The molecule has 0 aliphatic heterocycles. The van der Waals surface area contributed by atoms with E-state index in [1.165, 1.54) is 0 Å². The topological polar surface area (TPSA) is 86.5 Å². The van der Waals surface area contributed by atoms with Crippen molar-refractivity contribution in [2.45, 2.75) is 30.6 Å². The summed E-state index contributed by atoms with van der Waals surface area (Å²) >= 11 is 0. The Labute approximate surface area is 119 Å². The number of sulfone groups is 1. The number of rotatable bonds is 5. The molecular formula is C14H19NO4S. The van der Waals surface area contributed by atoms with E-state index >= 15 is 0 Å². The molecule has 0 amide bonds. The second-order valence-electron chi connectivity index (χ2n) is 4.91. The van der Waals surface area contributed by atoms with Crippen molar-refractivity contribution in [3.8, 4) is 0 Å². The zero-order chi connectivity index (χ0) is 15.0. The molecule has 1 fully saturated rings. The summed E-state index contributed by atoms with van der Waals surface area (Å²) < 4.78 is 29.3. The summed E-state index contributed by atoms with van der Waals surface area (Å²) in [7, 11) is -3.42. The van der Waals surface area contributed by atoms with Crippen LogP contribution in [0.2, 0.25) is 0 Å². The van der Waals surface area contributed by atoms with E-state index in [1.807, 2.05) is 6.07 Å². The first-order chi connectivity index (χ1) is 9.39. The molecule has 6 heteroatoms. The Morgan fingerprint density at radius 2 is 1.90 bits per heavy atom. The first-order valence-corrected chi connectivity index (χ1v) is 8.33. The van der Waals surface area contributed by atoms with Crippen LogP contribution in [0, 0.1) is 0 Å². The second kappa shape index (κ2) is 5.18. The Kier molecular flexibility index (Phi) is 3.88. The molecule has 20 heavy (non-hydrogen) atoms. The normalized spacial score (nSPS) is 28.9. The Morgan fingerprint density at radius 3 is 2.40 bits per heavy atom. The molecule has 1 aliphatic rings. The van der Waals surface area contributed by atoms with Crippen LogP contribution in [0.15, 0.2) is 30.3 Å². The van der Waals surface area contributed by atoms with Gasteiger partial charge in [0.25, 0.3) is 0 Å². The smallest absolute Gasteiger partial charge is 0.328 e. The molecule has 1 aromatic rings. The van der Waals surface area contributed by atoms with Crippen LogP contribution in [-0.2, 0) is 19.4 Å². The molecule has 5 nitrogen and oxygen atoms in total. The van der Waals surface area contributed by atoms with E-state index in [-0.39, 0.29) is 12.4 Å². The maximum Gasteiger partial charge on any atom is 0.328 e. The molecule has 0 aromatic heterocycles. The number of nitrogens with two attached hydrogens (primary N) is 1. The predicted molar refractivity (Wildman–Crippen MR) is 76.0 cm³/mol. The van der Waals surface area contributed by atoms with E-state index in [1.54, 1.807) is 38.1 Å². The monoisotopic (exact) mass is 297 g/mol. The van der Waals surface area contributed by atoms with Crippen LogP contribution < -0.4 is 5.73 Å². The highest BCUT2D eigenvalue weighted by molar-refractivity contribution is 7.92. The van der Waals surface area contributed by atoms with Crippen LogP contribution in [0.4, 0.5) is 0 Å². The van der Waals surface area contributed by atoms with Crippen LogP contribution >= 0.6 is 0 Å². The van der Waals surface area contributed by atoms with Crippen LogP contribution in [0.25, 0.3) is 0 Å². The van der Waals surface area contributed by atoms with Gasteiger partial charge in [-0.05, 0) is 12.5 Å². The summed E-state index contributed by atoms with van der Waals surface area (Å²) in [5, 5.41) is -0.901. The van der Waals surface area contributed by atoms with E-state index in [9.17, 15) is 13.2 Å². The van der Waals surface area contributed by atoms with E-state index in [0.29, 0.717) is 0 Å². The van der Waals surface area contributed by atoms with E-state index in [4.69, 9.17) is 10.5 Å². The number of esters is 1. The zero-order valence-corrected chi connectivity index (χ0v) is 12.4. The third-order valence-electron chi connectivity index (χ3n) is 3.76. The van der Waals surface area contributed by atoms with Crippen LogP contribution in [-0.4, -0.2) is 37.5 Å². The quantitative estimate of drug-likeness (QED) is 0.814. The summed E-state index contributed by atoms with van der Waals surface area (Å²) in [4.78, 5) is 12.1. The molecular weight excluding hydrogens is 278 g/mol. The summed E-state index contributed by atoms with van der Waals surface area (Å²) in [6, 6.07) is 9.01. The Morgan fingerprint density at radius 1 is 1.30 bits per heavy atom. The standard InChI is InChI=1S/C14H19NO4S/c1-3-19-13(16)14(15)11(10-8-6-5-7-9-10)12(14)20(17,18)4-2/h5-9,11-12H,3-4,15H2,1-2H3/t11-,12-,14-/m0/s1. The number of carbonyl (C=O) groups is 1. The lowest BCUT2D eigenvalue weighted by molar-refractivity contribution is -0.145. The van der Waals surface area contributed by atoms with Gasteiger partial charge >= 0.3 is 5.97 Å². The van der Waals surface area contributed by atoms with Crippen molar-refractivity contribution in [3.63, 3.8) is 0 Å². The highest BCUT2D eigenvalue weighted by Crippen LogP contribution is 2.54. The van der Waals surface area contributed by atoms with Gasteiger partial charge in [0.05, 0.1) is 11.9 Å². The van der Waals surface area contributed by atoms with Crippen molar-refractivity contribution in [1.29, 1.82) is 0 Å². The van der Waals surface area contributed by atoms with E-state index in [2.05, 4.69) is 0 Å². The average Bonchev–Trinajstić information content (AvgIpc) is 3.09. The summed E-state index contributed by atoms with van der Waals surface area (Å²) in [5.41, 5.74) is 5.39. The van der Waals surface area contributed by atoms with Crippen molar-refractivity contribution in [3.05, 3.63) is 35.9 Å². The lowest BCUT2D eigenvalue weighted by atomic mass is 10.1. The molecule has 2 N–H and O–H groups in total. The van der Waals surface area contributed by atoms with Crippen molar-refractivity contribution in [2.75, 3.05) is 12.4 Å². The van der Waals surface area contributed by atoms with Crippen molar-refractivity contribution in [1.82, 2.24) is 0 Å². The predicted octanol–water partition coefficient (Wildman–Crippen LogP) is 0.848. The fraction of sp³-hybridized carbons (Fsp3) is 0.500. The highest BCUT2D eigenvalue weighted by Gasteiger charge is 2.73. The second-order valence-corrected chi connectivity index (χ2v) is 7.32. The number of ether oxygens (including phenoxy) is 1. The van der Waals surface area contributed by atoms with E-state index < -0.39 is 32.5 Å². The van der Waals surface area contributed by atoms with Crippen LogP contribution in [0.5, 0.6) is 0 Å². The minimum Gasteiger partial charge on any atom is -0.465 e. The van der Waals surface area contributed by atoms with Crippen molar-refractivity contribution in [2.24, 2.45) is 5.73 Å². The number of carbonyl (C=O) groups excluding carboxylic acids is 1. The molecule has 0 heterocycles. The molecule has 110 valence electrons. The van der Waals surface area contributed by atoms with Gasteiger partial charge < -0.3 is 10.5 Å². The third kappa shape index (κ3) is 2.23. The molecule has 0 saturated heterocycles. The van der Waals surface area contributed by atoms with Gasteiger partial charge in [0, 0.05) is 11.7 Å². The number of benzene rings is 1. The molecule has 0 spiro atoms. The minimum atomic E-state index is -3.42. The fourth-order valence-corrected chi connectivity index (χ4v) is 4.58. The summed E-state index contributed by atoms with van der Waals surface area (Å²) in [6.45, 7) is 3.41. The van der Waals surface area contributed by atoms with Gasteiger partial charge in [-0.15, -0.1) is 0 Å². The number of hydrogen-bond donors (Lipinski definition) is 1. The summed E-state index contributed by atoms with van der Waals surface area (Å²) in [5.74, 6) is -1.22. The maximum atomic E-state index is 12.2. The molecule has 1 saturated carbocycles. The lowest BCUT2D eigenvalue weighted by Crippen LogP contribution is -2.41. The minimum absolute atomic E-state index is 0.0423.